The molecule has 2 aliphatic rings. The average Bonchev–Trinajstić information content (AvgIpc) is 3.02. The maximum Gasteiger partial charge on any atom is 0.125 e. The van der Waals surface area contributed by atoms with Crippen molar-refractivity contribution in [2.24, 2.45) is 5.92 Å². The van der Waals surface area contributed by atoms with Crippen LogP contribution in [0.2, 0.25) is 0 Å². The number of nitrogens with one attached hydrogen (secondary N) is 1. The Balaban J connectivity index is 1.70. The number of benzene rings is 1. The van der Waals surface area contributed by atoms with Gasteiger partial charge in [-0.2, -0.15) is 5.10 Å². The molecule has 0 amide bonds. The average molecular weight is 271 g/mol. The van der Waals surface area contributed by atoms with E-state index in [2.05, 4.69) is 23.0 Å². The molecule has 1 fully saturated rings. The highest BCUT2D eigenvalue weighted by atomic mass is 19.1. The summed E-state index contributed by atoms with van der Waals surface area (Å²) in [5.74, 6) is 2.30. The minimum Gasteiger partial charge on any atom is -0.370 e. The molecule has 1 saturated carbocycles. The number of nitrogens with zero attached hydrogens (tertiary/aromatic N) is 2. The van der Waals surface area contributed by atoms with Gasteiger partial charge in [0.05, 0.1) is 11.7 Å². The van der Waals surface area contributed by atoms with E-state index in [1.54, 1.807) is 0 Å². The fraction of sp³-hybridized carbons (Fsp3) is 0.438. The predicted molar refractivity (Wildman–Crippen MR) is 76.4 cm³/mol. The molecule has 1 aliphatic heterocycles. The summed E-state index contributed by atoms with van der Waals surface area (Å²) >= 11 is 0. The Kier molecular flexibility index (Phi) is 2.59. The fourth-order valence-corrected chi connectivity index (χ4v) is 3.15. The van der Waals surface area contributed by atoms with Gasteiger partial charge in [-0.15, -0.1) is 0 Å². The summed E-state index contributed by atoms with van der Waals surface area (Å²) in [5, 5.41) is 8.22. The van der Waals surface area contributed by atoms with Crippen LogP contribution >= 0.6 is 0 Å². The molecule has 0 saturated heterocycles. The number of halogens is 1. The standard InChI is InChI=1S/C16H18FN3/c1-10-8-13(10)14-9-16-18-7-6-15(20(16)19-14)11-2-4-12(17)5-3-11/h2-5,9-10,13,15,18H,6-8H2,1H3. The van der Waals surface area contributed by atoms with Crippen molar-refractivity contribution in [3.05, 3.63) is 47.4 Å². The van der Waals surface area contributed by atoms with Crippen molar-refractivity contribution < 1.29 is 4.39 Å². The molecule has 0 spiro atoms. The summed E-state index contributed by atoms with van der Waals surface area (Å²) < 4.78 is 15.2. The van der Waals surface area contributed by atoms with Gasteiger partial charge in [-0.05, 0) is 36.5 Å². The summed E-state index contributed by atoms with van der Waals surface area (Å²) in [5.41, 5.74) is 2.33. The molecule has 2 heterocycles. The van der Waals surface area contributed by atoms with Crippen LogP contribution in [0.15, 0.2) is 30.3 Å². The minimum absolute atomic E-state index is 0.184. The molecule has 3 unspecified atom stereocenters. The Morgan fingerprint density at radius 2 is 2.05 bits per heavy atom. The zero-order chi connectivity index (χ0) is 13.7. The van der Waals surface area contributed by atoms with E-state index in [0.29, 0.717) is 5.92 Å². The summed E-state index contributed by atoms with van der Waals surface area (Å²) in [6.45, 7) is 3.21. The lowest BCUT2D eigenvalue weighted by Gasteiger charge is -2.26. The predicted octanol–water partition coefficient (Wildman–Crippen LogP) is 3.55. The lowest BCUT2D eigenvalue weighted by molar-refractivity contribution is 0.477. The van der Waals surface area contributed by atoms with Crippen molar-refractivity contribution in [1.29, 1.82) is 0 Å². The van der Waals surface area contributed by atoms with Gasteiger partial charge in [0, 0.05) is 18.5 Å². The van der Waals surface area contributed by atoms with Crippen LogP contribution in [0.1, 0.15) is 43.0 Å². The molecular formula is C16H18FN3. The molecular weight excluding hydrogens is 253 g/mol. The molecule has 4 heteroatoms. The smallest absolute Gasteiger partial charge is 0.125 e. The van der Waals surface area contributed by atoms with Crippen molar-refractivity contribution in [1.82, 2.24) is 9.78 Å². The van der Waals surface area contributed by atoms with E-state index < -0.39 is 0 Å². The molecule has 0 radical (unpaired) electrons. The first-order valence-corrected chi connectivity index (χ1v) is 7.31. The second-order valence-electron chi connectivity index (χ2n) is 6.00. The SMILES string of the molecule is CC1CC1c1cc2n(n1)C(c1ccc(F)cc1)CCN2. The Morgan fingerprint density at radius 3 is 2.75 bits per heavy atom. The quantitative estimate of drug-likeness (QED) is 0.905. The van der Waals surface area contributed by atoms with Crippen LogP contribution in [-0.4, -0.2) is 16.3 Å². The van der Waals surface area contributed by atoms with Crippen molar-refractivity contribution in [3.8, 4) is 0 Å². The second-order valence-corrected chi connectivity index (χ2v) is 6.00. The van der Waals surface area contributed by atoms with Gasteiger partial charge in [-0.3, -0.25) is 0 Å². The normalized spacial score (nSPS) is 27.8. The van der Waals surface area contributed by atoms with Gasteiger partial charge < -0.3 is 5.32 Å². The molecule has 1 aromatic carbocycles. The highest BCUT2D eigenvalue weighted by Gasteiger charge is 2.37. The molecule has 1 aliphatic carbocycles. The zero-order valence-corrected chi connectivity index (χ0v) is 11.5. The Bertz CT molecular complexity index is 632. The van der Waals surface area contributed by atoms with Crippen LogP contribution in [0.3, 0.4) is 0 Å². The van der Waals surface area contributed by atoms with Gasteiger partial charge in [-0.25, -0.2) is 9.07 Å². The molecule has 3 nitrogen and oxygen atoms in total. The van der Waals surface area contributed by atoms with E-state index in [0.717, 1.165) is 30.3 Å². The van der Waals surface area contributed by atoms with Crippen molar-refractivity contribution >= 4 is 5.82 Å². The summed E-state index contributed by atoms with van der Waals surface area (Å²) in [6.07, 6.45) is 2.23. The molecule has 1 N–H and O–H groups in total. The number of anilines is 1. The second kappa shape index (κ2) is 4.33. The molecule has 20 heavy (non-hydrogen) atoms. The van der Waals surface area contributed by atoms with E-state index >= 15 is 0 Å². The van der Waals surface area contributed by atoms with Crippen LogP contribution in [-0.2, 0) is 0 Å². The van der Waals surface area contributed by atoms with Gasteiger partial charge >= 0.3 is 0 Å². The molecule has 2 aromatic rings. The first-order valence-electron chi connectivity index (χ1n) is 7.31. The van der Waals surface area contributed by atoms with Gasteiger partial charge in [0.15, 0.2) is 0 Å². The summed E-state index contributed by atoms with van der Waals surface area (Å²) in [4.78, 5) is 0. The highest BCUT2D eigenvalue weighted by molar-refractivity contribution is 5.43. The Morgan fingerprint density at radius 1 is 1.30 bits per heavy atom. The topological polar surface area (TPSA) is 29.9 Å². The Labute approximate surface area is 117 Å². The van der Waals surface area contributed by atoms with Crippen LogP contribution < -0.4 is 5.32 Å². The van der Waals surface area contributed by atoms with Crippen LogP contribution in [0, 0.1) is 11.7 Å². The third-order valence-corrected chi connectivity index (χ3v) is 4.52. The van der Waals surface area contributed by atoms with E-state index in [-0.39, 0.29) is 11.9 Å². The third-order valence-electron chi connectivity index (χ3n) is 4.52. The van der Waals surface area contributed by atoms with E-state index in [1.165, 1.54) is 24.2 Å². The van der Waals surface area contributed by atoms with Crippen molar-refractivity contribution in [2.75, 3.05) is 11.9 Å². The number of aromatic nitrogens is 2. The fourth-order valence-electron chi connectivity index (χ4n) is 3.15. The first kappa shape index (κ1) is 11.9. The number of fused-ring (bicyclic) bond motifs is 1. The number of hydrogen-bond acceptors (Lipinski definition) is 2. The van der Waals surface area contributed by atoms with Crippen LogP contribution in [0.5, 0.6) is 0 Å². The first-order chi connectivity index (χ1) is 9.72. The van der Waals surface area contributed by atoms with Crippen LogP contribution in [0.4, 0.5) is 10.2 Å². The minimum atomic E-state index is -0.184. The highest BCUT2D eigenvalue weighted by Crippen LogP contribution is 2.47. The van der Waals surface area contributed by atoms with E-state index in [4.69, 9.17) is 5.10 Å². The molecule has 104 valence electrons. The third kappa shape index (κ3) is 1.90. The number of rotatable bonds is 2. The van der Waals surface area contributed by atoms with Crippen molar-refractivity contribution in [3.63, 3.8) is 0 Å². The lowest BCUT2D eigenvalue weighted by atomic mass is 10.0. The summed E-state index contributed by atoms with van der Waals surface area (Å²) in [6, 6.07) is 9.21. The van der Waals surface area contributed by atoms with Gasteiger partial charge in [0.25, 0.3) is 0 Å². The molecule has 3 atom stereocenters. The number of hydrogen-bond donors (Lipinski definition) is 1. The maximum absolute atomic E-state index is 13.1. The maximum atomic E-state index is 13.1. The molecule has 1 aromatic heterocycles. The largest absolute Gasteiger partial charge is 0.370 e. The van der Waals surface area contributed by atoms with E-state index in [9.17, 15) is 4.39 Å². The monoisotopic (exact) mass is 271 g/mol. The van der Waals surface area contributed by atoms with Gasteiger partial charge in [0.1, 0.15) is 11.6 Å². The van der Waals surface area contributed by atoms with Gasteiger partial charge in [-0.1, -0.05) is 19.1 Å². The Hall–Kier alpha value is -1.84. The molecule has 4 rings (SSSR count). The van der Waals surface area contributed by atoms with Crippen molar-refractivity contribution in [2.45, 2.75) is 31.7 Å². The summed E-state index contributed by atoms with van der Waals surface area (Å²) in [7, 11) is 0. The zero-order valence-electron chi connectivity index (χ0n) is 11.5. The van der Waals surface area contributed by atoms with Crippen LogP contribution in [0.25, 0.3) is 0 Å². The lowest BCUT2D eigenvalue weighted by Crippen LogP contribution is -2.24. The van der Waals surface area contributed by atoms with E-state index in [1.807, 2.05) is 12.1 Å². The molecule has 0 bridgehead atoms. The van der Waals surface area contributed by atoms with Gasteiger partial charge in [0.2, 0.25) is 0 Å².